The molecule has 1 fully saturated rings. The third-order valence-electron chi connectivity index (χ3n) is 5.70. The first kappa shape index (κ1) is 23.7. The standard InChI is InChI=1S/C23H29N3O5S/c1-17-9-8-10-18(2)21(17)24-22(28)23(3)16-25(32(4,29)30)15-20(27)26(23)13-14-31-19-11-6-5-7-12-19/h5-12H,13-16H2,1-4H3,(H,24,28). The van der Waals surface area contributed by atoms with Crippen LogP contribution >= 0.6 is 0 Å². The van der Waals surface area contributed by atoms with E-state index in [1.54, 1.807) is 19.1 Å². The molecule has 32 heavy (non-hydrogen) atoms. The summed E-state index contributed by atoms with van der Waals surface area (Å²) in [4.78, 5) is 27.9. The van der Waals surface area contributed by atoms with Gasteiger partial charge in [-0.2, -0.15) is 4.31 Å². The Morgan fingerprint density at radius 2 is 1.72 bits per heavy atom. The third-order valence-corrected chi connectivity index (χ3v) is 6.89. The van der Waals surface area contributed by atoms with E-state index in [1.807, 2.05) is 50.2 Å². The van der Waals surface area contributed by atoms with Gasteiger partial charge in [0, 0.05) is 12.2 Å². The molecule has 1 aliphatic rings. The predicted molar refractivity (Wildman–Crippen MR) is 123 cm³/mol. The van der Waals surface area contributed by atoms with Gasteiger partial charge in [0.05, 0.1) is 19.3 Å². The van der Waals surface area contributed by atoms with E-state index < -0.39 is 27.4 Å². The molecule has 0 spiro atoms. The minimum Gasteiger partial charge on any atom is -0.492 e. The fraction of sp³-hybridized carbons (Fsp3) is 0.391. The van der Waals surface area contributed by atoms with Crippen LogP contribution in [0.3, 0.4) is 0 Å². The van der Waals surface area contributed by atoms with Crippen LogP contribution in [0, 0.1) is 13.8 Å². The van der Waals surface area contributed by atoms with Gasteiger partial charge >= 0.3 is 0 Å². The molecule has 1 saturated heterocycles. The van der Waals surface area contributed by atoms with Crippen molar-refractivity contribution < 1.29 is 22.7 Å². The van der Waals surface area contributed by atoms with Crippen LogP contribution in [0.1, 0.15) is 18.1 Å². The summed E-state index contributed by atoms with van der Waals surface area (Å²) in [5.74, 6) is -0.245. The van der Waals surface area contributed by atoms with Crippen molar-refractivity contribution in [3.8, 4) is 5.75 Å². The number of amides is 2. The minimum absolute atomic E-state index is 0.139. The SMILES string of the molecule is Cc1cccc(C)c1NC(=O)C1(C)CN(S(C)(=O)=O)CC(=O)N1CCOc1ccccc1. The summed E-state index contributed by atoms with van der Waals surface area (Å²) in [7, 11) is -3.66. The molecule has 1 N–H and O–H groups in total. The highest BCUT2D eigenvalue weighted by molar-refractivity contribution is 7.88. The largest absolute Gasteiger partial charge is 0.492 e. The number of aryl methyl sites for hydroxylation is 2. The van der Waals surface area contributed by atoms with Gasteiger partial charge in [0.25, 0.3) is 5.91 Å². The summed E-state index contributed by atoms with van der Waals surface area (Å²) >= 11 is 0. The van der Waals surface area contributed by atoms with E-state index in [4.69, 9.17) is 4.74 Å². The molecule has 2 aromatic rings. The zero-order valence-electron chi connectivity index (χ0n) is 18.8. The Kier molecular flexibility index (Phi) is 6.90. The maximum atomic E-state index is 13.5. The Bertz CT molecular complexity index is 1080. The molecule has 8 nitrogen and oxygen atoms in total. The fourth-order valence-electron chi connectivity index (χ4n) is 3.83. The molecular weight excluding hydrogens is 430 g/mol. The van der Waals surface area contributed by atoms with Crippen molar-refractivity contribution >= 4 is 27.5 Å². The third kappa shape index (κ3) is 5.11. The van der Waals surface area contributed by atoms with Gasteiger partial charge in [-0.05, 0) is 44.0 Å². The second kappa shape index (κ2) is 9.30. The van der Waals surface area contributed by atoms with Crippen LogP contribution in [0.15, 0.2) is 48.5 Å². The molecule has 0 saturated carbocycles. The van der Waals surface area contributed by atoms with Crippen LogP contribution in [0.2, 0.25) is 0 Å². The molecule has 0 aromatic heterocycles. The zero-order valence-corrected chi connectivity index (χ0v) is 19.6. The molecule has 1 aliphatic heterocycles. The van der Waals surface area contributed by atoms with Crippen LogP contribution < -0.4 is 10.1 Å². The summed E-state index contributed by atoms with van der Waals surface area (Å²) in [5.41, 5.74) is 1.00. The van der Waals surface area contributed by atoms with Crippen LogP contribution in [-0.4, -0.2) is 67.5 Å². The molecule has 1 heterocycles. The monoisotopic (exact) mass is 459 g/mol. The highest BCUT2D eigenvalue weighted by atomic mass is 32.2. The summed E-state index contributed by atoms with van der Waals surface area (Å²) in [6.45, 7) is 5.21. The van der Waals surface area contributed by atoms with E-state index in [0.717, 1.165) is 21.7 Å². The molecule has 0 aliphatic carbocycles. The van der Waals surface area contributed by atoms with Gasteiger partial charge in [0.1, 0.15) is 17.9 Å². The number of hydrogen-bond acceptors (Lipinski definition) is 5. The van der Waals surface area contributed by atoms with Crippen LogP contribution in [-0.2, 0) is 19.6 Å². The van der Waals surface area contributed by atoms with Gasteiger partial charge in [-0.15, -0.1) is 0 Å². The number of para-hydroxylation sites is 2. The molecule has 0 radical (unpaired) electrons. The quantitative estimate of drug-likeness (QED) is 0.685. The first-order chi connectivity index (χ1) is 15.0. The Morgan fingerprint density at radius 1 is 1.09 bits per heavy atom. The van der Waals surface area contributed by atoms with Crippen molar-refractivity contribution in [2.75, 3.05) is 37.8 Å². The molecule has 1 atom stereocenters. The second-order valence-electron chi connectivity index (χ2n) is 8.23. The van der Waals surface area contributed by atoms with Gasteiger partial charge in [-0.1, -0.05) is 36.4 Å². The highest BCUT2D eigenvalue weighted by Gasteiger charge is 2.49. The van der Waals surface area contributed by atoms with Crippen molar-refractivity contribution in [3.05, 3.63) is 59.7 Å². The number of anilines is 1. The van der Waals surface area contributed by atoms with Crippen LogP contribution in [0.25, 0.3) is 0 Å². The molecule has 2 aromatic carbocycles. The number of hydrogen-bond donors (Lipinski definition) is 1. The van der Waals surface area contributed by atoms with Crippen molar-refractivity contribution in [3.63, 3.8) is 0 Å². The first-order valence-corrected chi connectivity index (χ1v) is 12.2. The van der Waals surface area contributed by atoms with E-state index in [-0.39, 0.29) is 26.2 Å². The van der Waals surface area contributed by atoms with Crippen molar-refractivity contribution in [2.24, 2.45) is 0 Å². The van der Waals surface area contributed by atoms with E-state index in [9.17, 15) is 18.0 Å². The van der Waals surface area contributed by atoms with Gasteiger partial charge in [0.15, 0.2) is 0 Å². The fourth-order valence-corrected chi connectivity index (χ4v) is 4.66. The Labute approximate surface area is 189 Å². The summed E-state index contributed by atoms with van der Waals surface area (Å²) in [6, 6.07) is 14.8. The summed E-state index contributed by atoms with van der Waals surface area (Å²) < 4.78 is 31.2. The van der Waals surface area contributed by atoms with Crippen LogP contribution in [0.5, 0.6) is 5.75 Å². The minimum atomic E-state index is -3.66. The van der Waals surface area contributed by atoms with E-state index in [2.05, 4.69) is 5.32 Å². The number of piperazine rings is 1. The maximum absolute atomic E-state index is 13.5. The van der Waals surface area contributed by atoms with Crippen molar-refractivity contribution in [1.29, 1.82) is 0 Å². The lowest BCUT2D eigenvalue weighted by Crippen LogP contribution is -2.69. The van der Waals surface area contributed by atoms with Gasteiger partial charge in [0.2, 0.25) is 15.9 Å². The van der Waals surface area contributed by atoms with Gasteiger partial charge in [-0.25, -0.2) is 8.42 Å². The number of carbonyl (C=O) groups is 2. The van der Waals surface area contributed by atoms with Crippen molar-refractivity contribution in [1.82, 2.24) is 9.21 Å². The number of nitrogens with zero attached hydrogens (tertiary/aromatic N) is 2. The normalized spacial score (nSPS) is 19.6. The maximum Gasteiger partial charge on any atom is 0.251 e. The molecule has 2 amide bonds. The topological polar surface area (TPSA) is 96.0 Å². The Balaban J connectivity index is 1.87. The number of carbonyl (C=O) groups excluding carboxylic acids is 2. The number of ether oxygens (including phenoxy) is 1. The number of sulfonamides is 1. The molecule has 1 unspecified atom stereocenters. The lowest BCUT2D eigenvalue weighted by molar-refractivity contribution is -0.150. The van der Waals surface area contributed by atoms with E-state index in [0.29, 0.717) is 11.4 Å². The van der Waals surface area contributed by atoms with Gasteiger partial charge in [-0.3, -0.25) is 9.59 Å². The number of rotatable bonds is 7. The highest BCUT2D eigenvalue weighted by Crippen LogP contribution is 2.28. The van der Waals surface area contributed by atoms with Gasteiger partial charge < -0.3 is 15.0 Å². The Hall–Kier alpha value is -2.91. The Morgan fingerprint density at radius 3 is 2.31 bits per heavy atom. The smallest absolute Gasteiger partial charge is 0.251 e. The lowest BCUT2D eigenvalue weighted by atomic mass is 9.95. The first-order valence-electron chi connectivity index (χ1n) is 10.3. The van der Waals surface area contributed by atoms with Crippen molar-refractivity contribution in [2.45, 2.75) is 26.3 Å². The molecule has 3 rings (SSSR count). The molecule has 0 bridgehead atoms. The number of benzene rings is 2. The summed E-state index contributed by atoms with van der Waals surface area (Å²) in [5, 5.41) is 2.92. The number of nitrogens with one attached hydrogen (secondary N) is 1. The average molecular weight is 460 g/mol. The predicted octanol–water partition coefficient (Wildman–Crippen LogP) is 2.18. The van der Waals surface area contributed by atoms with Crippen LogP contribution in [0.4, 0.5) is 5.69 Å². The molecular formula is C23H29N3O5S. The zero-order chi connectivity index (χ0) is 23.5. The lowest BCUT2D eigenvalue weighted by Gasteiger charge is -2.46. The molecule has 172 valence electrons. The summed E-state index contributed by atoms with van der Waals surface area (Å²) in [6.07, 6.45) is 1.04. The van der Waals surface area contributed by atoms with E-state index in [1.165, 1.54) is 4.90 Å². The molecule has 9 heteroatoms. The average Bonchev–Trinajstić information content (AvgIpc) is 2.72. The second-order valence-corrected chi connectivity index (χ2v) is 10.2. The van der Waals surface area contributed by atoms with E-state index >= 15 is 0 Å².